The third kappa shape index (κ3) is 5.61. The Bertz CT molecular complexity index is 1780. The Morgan fingerprint density at radius 3 is 2.34 bits per heavy atom. The quantitative estimate of drug-likeness (QED) is 0.108. The lowest BCUT2D eigenvalue weighted by Crippen LogP contribution is -2.29. The van der Waals surface area contributed by atoms with Crippen molar-refractivity contribution in [3.05, 3.63) is 105 Å². The van der Waals surface area contributed by atoms with Gasteiger partial charge in [-0.3, -0.25) is 14.5 Å². The fourth-order valence-electron chi connectivity index (χ4n) is 5.01. The molecular weight excluding hydrogens is 584 g/mol. The summed E-state index contributed by atoms with van der Waals surface area (Å²) in [5.74, 6) is -1.41. The summed E-state index contributed by atoms with van der Waals surface area (Å²) in [5.41, 5.74) is 2.63. The number of hydrogen-bond donors (Lipinski definition) is 1. The van der Waals surface area contributed by atoms with Crippen LogP contribution in [-0.2, 0) is 20.9 Å². The zero-order chi connectivity index (χ0) is 31.5. The number of aliphatic hydroxyl groups is 1. The van der Waals surface area contributed by atoms with Gasteiger partial charge in [0, 0.05) is 5.56 Å². The number of carbonyl (C=O) groups excluding carboxylic acids is 3. The van der Waals surface area contributed by atoms with Gasteiger partial charge in [-0.15, -0.1) is 0 Å². The maximum Gasteiger partial charge on any atom is 0.350 e. The highest BCUT2D eigenvalue weighted by Crippen LogP contribution is 2.46. The van der Waals surface area contributed by atoms with Crippen molar-refractivity contribution >= 4 is 39.9 Å². The Labute approximate surface area is 258 Å². The zero-order valence-corrected chi connectivity index (χ0v) is 25.6. The number of carbonyl (C=O) groups is 3. The molecule has 0 spiro atoms. The van der Waals surface area contributed by atoms with Crippen LogP contribution in [0.3, 0.4) is 0 Å². The van der Waals surface area contributed by atoms with Gasteiger partial charge < -0.3 is 24.1 Å². The van der Waals surface area contributed by atoms with Crippen LogP contribution in [0.2, 0.25) is 0 Å². The highest BCUT2D eigenvalue weighted by atomic mass is 32.1. The van der Waals surface area contributed by atoms with Crippen LogP contribution in [-0.4, -0.2) is 49.1 Å². The SMILES string of the molecule is COC(=O)c1sc(N2C(=O)C(=O)/C(=C(/O)c3ccc(OCc4ccccc4)cc3C)[C@@H]2c2ccc(OC)c(OC)c2)nc1C. The van der Waals surface area contributed by atoms with E-state index in [2.05, 4.69) is 4.98 Å². The summed E-state index contributed by atoms with van der Waals surface area (Å²) < 4.78 is 21.7. The first kappa shape index (κ1) is 30.3. The van der Waals surface area contributed by atoms with E-state index < -0.39 is 23.7 Å². The van der Waals surface area contributed by atoms with Crippen LogP contribution < -0.4 is 19.1 Å². The average Bonchev–Trinajstić information content (AvgIpc) is 3.55. The molecule has 1 N–H and O–H groups in total. The van der Waals surface area contributed by atoms with Crippen molar-refractivity contribution in [3.63, 3.8) is 0 Å². The molecule has 1 aliphatic rings. The number of aryl methyl sites for hydroxylation is 2. The number of aliphatic hydroxyl groups excluding tert-OH is 1. The smallest absolute Gasteiger partial charge is 0.350 e. The number of anilines is 1. The molecule has 0 saturated carbocycles. The summed E-state index contributed by atoms with van der Waals surface area (Å²) in [7, 11) is 4.21. The summed E-state index contributed by atoms with van der Waals surface area (Å²) in [5, 5.41) is 11.8. The average molecular weight is 615 g/mol. The minimum absolute atomic E-state index is 0.102. The molecule has 1 saturated heterocycles. The van der Waals surface area contributed by atoms with Gasteiger partial charge >= 0.3 is 11.9 Å². The van der Waals surface area contributed by atoms with Crippen LogP contribution >= 0.6 is 11.3 Å². The minimum atomic E-state index is -1.10. The van der Waals surface area contributed by atoms with Gasteiger partial charge in [0.25, 0.3) is 5.78 Å². The molecule has 0 unspecified atom stereocenters. The molecule has 3 aromatic carbocycles. The molecule has 1 amide bonds. The fourth-order valence-corrected chi connectivity index (χ4v) is 6.02. The first-order valence-corrected chi connectivity index (χ1v) is 14.4. The maximum atomic E-state index is 13.7. The molecule has 0 radical (unpaired) electrons. The number of rotatable bonds is 9. The first-order valence-electron chi connectivity index (χ1n) is 13.5. The van der Waals surface area contributed by atoms with Crippen molar-refractivity contribution in [2.45, 2.75) is 26.5 Å². The molecule has 1 atom stereocenters. The number of esters is 1. The Balaban J connectivity index is 1.62. The van der Waals surface area contributed by atoms with E-state index in [0.29, 0.717) is 46.2 Å². The number of Topliss-reactive ketones (excluding diaryl/α,β-unsaturated/α-hetero) is 1. The predicted octanol–water partition coefficient (Wildman–Crippen LogP) is 5.77. The van der Waals surface area contributed by atoms with Crippen molar-refractivity contribution in [2.24, 2.45) is 0 Å². The number of benzene rings is 3. The van der Waals surface area contributed by atoms with Crippen molar-refractivity contribution in [1.29, 1.82) is 0 Å². The number of methoxy groups -OCH3 is 3. The van der Waals surface area contributed by atoms with Crippen LogP contribution in [0.5, 0.6) is 17.2 Å². The molecule has 10 nitrogen and oxygen atoms in total. The predicted molar refractivity (Wildman–Crippen MR) is 164 cm³/mol. The molecule has 226 valence electrons. The number of ether oxygens (including phenoxy) is 4. The lowest BCUT2D eigenvalue weighted by Gasteiger charge is -2.24. The van der Waals surface area contributed by atoms with E-state index >= 15 is 0 Å². The van der Waals surface area contributed by atoms with Gasteiger partial charge in [-0.05, 0) is 60.9 Å². The number of amides is 1. The second-order valence-corrected chi connectivity index (χ2v) is 10.9. The van der Waals surface area contributed by atoms with Gasteiger partial charge in [0.2, 0.25) is 0 Å². The molecule has 2 heterocycles. The third-order valence-corrected chi connectivity index (χ3v) is 8.37. The molecule has 1 aromatic heterocycles. The van der Waals surface area contributed by atoms with E-state index in [4.69, 9.17) is 18.9 Å². The van der Waals surface area contributed by atoms with E-state index in [1.165, 1.54) is 26.2 Å². The number of ketones is 1. The molecule has 1 fully saturated rings. The van der Waals surface area contributed by atoms with E-state index in [1.807, 2.05) is 30.3 Å². The van der Waals surface area contributed by atoms with Gasteiger partial charge in [-0.1, -0.05) is 47.7 Å². The summed E-state index contributed by atoms with van der Waals surface area (Å²) in [6, 6.07) is 18.6. The van der Waals surface area contributed by atoms with Crippen LogP contribution in [0, 0.1) is 13.8 Å². The van der Waals surface area contributed by atoms with Crippen LogP contribution in [0.4, 0.5) is 5.13 Å². The van der Waals surface area contributed by atoms with E-state index in [-0.39, 0.29) is 21.3 Å². The lowest BCUT2D eigenvalue weighted by molar-refractivity contribution is -0.132. The summed E-state index contributed by atoms with van der Waals surface area (Å²) in [6.45, 7) is 3.74. The topological polar surface area (TPSA) is 124 Å². The molecule has 4 aromatic rings. The van der Waals surface area contributed by atoms with Crippen molar-refractivity contribution in [3.8, 4) is 17.2 Å². The van der Waals surface area contributed by atoms with Gasteiger partial charge in [0.05, 0.1) is 38.6 Å². The fraction of sp³-hybridized carbons (Fsp3) is 0.212. The van der Waals surface area contributed by atoms with Crippen LogP contribution in [0.15, 0.2) is 72.3 Å². The Morgan fingerprint density at radius 1 is 0.955 bits per heavy atom. The molecule has 5 rings (SSSR count). The number of thiazole rings is 1. The zero-order valence-electron chi connectivity index (χ0n) is 24.7. The van der Waals surface area contributed by atoms with E-state index in [1.54, 1.807) is 50.2 Å². The first-order chi connectivity index (χ1) is 21.2. The summed E-state index contributed by atoms with van der Waals surface area (Å²) in [6.07, 6.45) is 0. The van der Waals surface area contributed by atoms with Crippen LogP contribution in [0.1, 0.15) is 43.7 Å². The Hall–Kier alpha value is -5.16. The van der Waals surface area contributed by atoms with Crippen molar-refractivity contribution in [1.82, 2.24) is 4.98 Å². The number of aromatic nitrogens is 1. The molecular formula is C33H30N2O8S. The second-order valence-electron chi connectivity index (χ2n) is 9.94. The molecule has 0 bridgehead atoms. The van der Waals surface area contributed by atoms with Gasteiger partial charge in [-0.2, -0.15) is 0 Å². The second kappa shape index (κ2) is 12.6. The van der Waals surface area contributed by atoms with Gasteiger partial charge in [0.1, 0.15) is 23.0 Å². The molecule has 1 aliphatic heterocycles. The number of hydrogen-bond acceptors (Lipinski definition) is 10. The Kier molecular flexibility index (Phi) is 8.68. The molecule has 0 aliphatic carbocycles. The van der Waals surface area contributed by atoms with Gasteiger partial charge in [-0.25, -0.2) is 9.78 Å². The van der Waals surface area contributed by atoms with Gasteiger partial charge in [0.15, 0.2) is 16.6 Å². The van der Waals surface area contributed by atoms with Crippen molar-refractivity contribution < 1.29 is 38.4 Å². The molecule has 44 heavy (non-hydrogen) atoms. The molecule has 11 heteroatoms. The maximum absolute atomic E-state index is 13.7. The van der Waals surface area contributed by atoms with E-state index in [9.17, 15) is 19.5 Å². The Morgan fingerprint density at radius 2 is 1.68 bits per heavy atom. The number of nitrogens with zero attached hydrogens (tertiary/aromatic N) is 2. The third-order valence-electron chi connectivity index (χ3n) is 7.23. The lowest BCUT2D eigenvalue weighted by atomic mass is 9.93. The van der Waals surface area contributed by atoms with E-state index in [0.717, 1.165) is 16.9 Å². The monoisotopic (exact) mass is 614 g/mol. The minimum Gasteiger partial charge on any atom is -0.507 e. The highest BCUT2D eigenvalue weighted by molar-refractivity contribution is 7.17. The normalized spacial score (nSPS) is 15.8. The largest absolute Gasteiger partial charge is 0.507 e. The summed E-state index contributed by atoms with van der Waals surface area (Å²) >= 11 is 0.920. The standard InChI is InChI=1S/C33H30N2O8S/c1-18-15-22(43-17-20-9-7-6-8-10-20)12-13-23(18)28(36)26-27(21-11-14-24(40-3)25(16-21)41-4)35(31(38)29(26)37)33-34-19(2)30(44-33)32(39)42-5/h6-16,27,36H,17H2,1-5H3/b28-26+/t27-/m0/s1. The summed E-state index contributed by atoms with van der Waals surface area (Å²) in [4.78, 5) is 45.5. The van der Waals surface area contributed by atoms with Crippen LogP contribution in [0.25, 0.3) is 5.76 Å². The van der Waals surface area contributed by atoms with Crippen molar-refractivity contribution in [2.75, 3.05) is 26.2 Å². The highest BCUT2D eigenvalue weighted by Gasteiger charge is 2.48.